The number of rotatable bonds is 3. The van der Waals surface area contributed by atoms with Gasteiger partial charge in [-0.2, -0.15) is 0 Å². The van der Waals surface area contributed by atoms with E-state index in [2.05, 4.69) is 12.2 Å². The molecule has 0 spiro atoms. The number of nitrogens with one attached hydrogen (secondary N) is 1. The predicted octanol–water partition coefficient (Wildman–Crippen LogP) is 3.40. The number of amides is 1. The molecule has 0 bridgehead atoms. The summed E-state index contributed by atoms with van der Waals surface area (Å²) >= 11 is 0. The van der Waals surface area contributed by atoms with E-state index < -0.39 is 0 Å². The molecule has 3 heteroatoms. The molecule has 1 N–H and O–H groups in total. The van der Waals surface area contributed by atoms with E-state index in [0.717, 1.165) is 30.0 Å². The van der Waals surface area contributed by atoms with Gasteiger partial charge in [-0.05, 0) is 61.6 Å². The Morgan fingerprint density at radius 1 is 1.15 bits per heavy atom. The fourth-order valence-corrected chi connectivity index (χ4v) is 2.90. The second-order valence-electron chi connectivity index (χ2n) is 5.73. The van der Waals surface area contributed by atoms with E-state index in [1.807, 2.05) is 53.4 Å². The topological polar surface area (TPSA) is 34.0 Å². The summed E-state index contributed by atoms with van der Waals surface area (Å²) < 4.78 is 2.03. The van der Waals surface area contributed by atoms with Crippen molar-refractivity contribution in [3.05, 3.63) is 54.4 Å². The molecule has 2 aromatic rings. The third-order valence-corrected chi connectivity index (χ3v) is 4.06. The van der Waals surface area contributed by atoms with Crippen LogP contribution in [0.4, 0.5) is 0 Å². The minimum atomic E-state index is 0.0446. The maximum Gasteiger partial charge on any atom is 0.251 e. The van der Waals surface area contributed by atoms with Gasteiger partial charge in [0.05, 0.1) is 0 Å². The molecule has 20 heavy (non-hydrogen) atoms. The lowest BCUT2D eigenvalue weighted by Gasteiger charge is -2.12. The molecule has 3 rings (SSSR count). The molecule has 1 aromatic carbocycles. The summed E-state index contributed by atoms with van der Waals surface area (Å²) in [6.07, 6.45) is 7.42. The van der Waals surface area contributed by atoms with Gasteiger partial charge in [0.25, 0.3) is 5.91 Å². The summed E-state index contributed by atoms with van der Waals surface area (Å²) in [6, 6.07) is 12.1. The molecule has 0 aliphatic heterocycles. The minimum Gasteiger partial charge on any atom is -0.349 e. The van der Waals surface area contributed by atoms with Crippen LogP contribution in [-0.4, -0.2) is 16.5 Å². The van der Waals surface area contributed by atoms with Crippen LogP contribution in [0, 0.1) is 5.92 Å². The zero-order valence-corrected chi connectivity index (χ0v) is 11.8. The third-order valence-electron chi connectivity index (χ3n) is 4.06. The van der Waals surface area contributed by atoms with Crippen molar-refractivity contribution < 1.29 is 4.79 Å². The Morgan fingerprint density at radius 2 is 1.85 bits per heavy atom. The van der Waals surface area contributed by atoms with Crippen LogP contribution >= 0.6 is 0 Å². The molecular formula is C17H20N2O. The predicted molar refractivity (Wildman–Crippen MR) is 80.0 cm³/mol. The van der Waals surface area contributed by atoms with Crippen molar-refractivity contribution >= 4 is 5.91 Å². The van der Waals surface area contributed by atoms with Gasteiger partial charge in [-0.3, -0.25) is 4.79 Å². The molecule has 1 aliphatic carbocycles. The summed E-state index contributed by atoms with van der Waals surface area (Å²) in [6.45, 7) is 2.25. The first kappa shape index (κ1) is 13.0. The van der Waals surface area contributed by atoms with Gasteiger partial charge in [0.2, 0.25) is 0 Å². The molecule has 1 heterocycles. The van der Waals surface area contributed by atoms with Gasteiger partial charge in [0.15, 0.2) is 0 Å². The molecule has 1 aliphatic rings. The van der Waals surface area contributed by atoms with Crippen molar-refractivity contribution in [3.63, 3.8) is 0 Å². The van der Waals surface area contributed by atoms with Crippen molar-refractivity contribution in [2.45, 2.75) is 32.2 Å². The summed E-state index contributed by atoms with van der Waals surface area (Å²) in [5.41, 5.74) is 1.81. The van der Waals surface area contributed by atoms with E-state index in [1.54, 1.807) is 0 Å². The van der Waals surface area contributed by atoms with Crippen LogP contribution in [0.3, 0.4) is 0 Å². The van der Waals surface area contributed by atoms with Crippen LogP contribution in [0.2, 0.25) is 0 Å². The first-order chi connectivity index (χ1) is 9.72. The van der Waals surface area contributed by atoms with Gasteiger partial charge in [0.1, 0.15) is 0 Å². The van der Waals surface area contributed by atoms with Gasteiger partial charge in [-0.25, -0.2) is 0 Å². The molecule has 1 fully saturated rings. The average molecular weight is 268 g/mol. The fourth-order valence-electron chi connectivity index (χ4n) is 2.90. The number of hydrogen-bond donors (Lipinski definition) is 1. The van der Waals surface area contributed by atoms with Crippen molar-refractivity contribution in [1.82, 2.24) is 9.88 Å². The quantitative estimate of drug-likeness (QED) is 0.909. The van der Waals surface area contributed by atoms with Gasteiger partial charge < -0.3 is 9.88 Å². The summed E-state index contributed by atoms with van der Waals surface area (Å²) in [5, 5.41) is 3.13. The summed E-state index contributed by atoms with van der Waals surface area (Å²) in [4.78, 5) is 12.2. The first-order valence-corrected chi connectivity index (χ1v) is 7.26. The van der Waals surface area contributed by atoms with Gasteiger partial charge >= 0.3 is 0 Å². The largest absolute Gasteiger partial charge is 0.349 e. The third kappa shape index (κ3) is 2.77. The van der Waals surface area contributed by atoms with Crippen LogP contribution < -0.4 is 5.32 Å². The highest BCUT2D eigenvalue weighted by Crippen LogP contribution is 2.24. The van der Waals surface area contributed by atoms with Crippen LogP contribution in [0.25, 0.3) is 5.69 Å². The Labute approximate surface area is 119 Å². The molecule has 1 amide bonds. The van der Waals surface area contributed by atoms with Crippen LogP contribution in [0.1, 0.15) is 36.5 Å². The van der Waals surface area contributed by atoms with Crippen molar-refractivity contribution in [1.29, 1.82) is 0 Å². The SMILES string of the molecule is CC1CCC(NC(=O)c2ccc(-n3cccc3)cc2)C1. The first-order valence-electron chi connectivity index (χ1n) is 7.26. The molecule has 1 aromatic heterocycles. The van der Waals surface area contributed by atoms with Crippen LogP contribution in [0.15, 0.2) is 48.8 Å². The highest BCUT2D eigenvalue weighted by molar-refractivity contribution is 5.94. The number of carbonyl (C=O) groups is 1. The number of carbonyl (C=O) groups excluding carboxylic acids is 1. The van der Waals surface area contributed by atoms with E-state index in [9.17, 15) is 4.79 Å². The maximum absolute atomic E-state index is 12.2. The van der Waals surface area contributed by atoms with Crippen molar-refractivity contribution in [2.75, 3.05) is 0 Å². The molecule has 0 radical (unpaired) electrons. The van der Waals surface area contributed by atoms with Crippen molar-refractivity contribution in [3.8, 4) is 5.69 Å². The highest BCUT2D eigenvalue weighted by Gasteiger charge is 2.22. The molecule has 104 valence electrons. The molecule has 3 nitrogen and oxygen atoms in total. The van der Waals surface area contributed by atoms with Crippen molar-refractivity contribution in [2.24, 2.45) is 5.92 Å². The monoisotopic (exact) mass is 268 g/mol. The zero-order valence-electron chi connectivity index (χ0n) is 11.8. The van der Waals surface area contributed by atoms with E-state index in [4.69, 9.17) is 0 Å². The van der Waals surface area contributed by atoms with E-state index in [1.165, 1.54) is 6.42 Å². The Bertz CT molecular complexity index is 572. The molecule has 1 saturated carbocycles. The lowest BCUT2D eigenvalue weighted by atomic mass is 10.1. The Morgan fingerprint density at radius 3 is 2.45 bits per heavy atom. The van der Waals surface area contributed by atoms with Crippen LogP contribution in [-0.2, 0) is 0 Å². The second-order valence-corrected chi connectivity index (χ2v) is 5.73. The molecule has 2 unspecified atom stereocenters. The highest BCUT2D eigenvalue weighted by atomic mass is 16.1. The molecule has 0 saturated heterocycles. The number of benzene rings is 1. The Kier molecular flexibility index (Phi) is 3.59. The number of aromatic nitrogens is 1. The smallest absolute Gasteiger partial charge is 0.251 e. The zero-order chi connectivity index (χ0) is 13.9. The Hall–Kier alpha value is -2.03. The maximum atomic E-state index is 12.2. The van der Waals surface area contributed by atoms with E-state index in [-0.39, 0.29) is 5.91 Å². The standard InChI is InChI=1S/C17H20N2O/c1-13-4-7-15(12-13)18-17(20)14-5-8-16(9-6-14)19-10-2-3-11-19/h2-3,5-6,8-11,13,15H,4,7,12H2,1H3,(H,18,20). The van der Waals surface area contributed by atoms with Gasteiger partial charge in [0, 0.05) is 29.7 Å². The normalized spacial score (nSPS) is 21.9. The van der Waals surface area contributed by atoms with Gasteiger partial charge in [-0.15, -0.1) is 0 Å². The Balaban J connectivity index is 1.66. The lowest BCUT2D eigenvalue weighted by Crippen LogP contribution is -2.32. The van der Waals surface area contributed by atoms with Crippen LogP contribution in [0.5, 0.6) is 0 Å². The number of hydrogen-bond acceptors (Lipinski definition) is 1. The average Bonchev–Trinajstić information content (AvgIpc) is 3.11. The fraction of sp³-hybridized carbons (Fsp3) is 0.353. The summed E-state index contributed by atoms with van der Waals surface area (Å²) in [5.74, 6) is 0.777. The molecule has 2 atom stereocenters. The lowest BCUT2D eigenvalue weighted by molar-refractivity contribution is 0.0937. The van der Waals surface area contributed by atoms with E-state index in [0.29, 0.717) is 6.04 Å². The minimum absolute atomic E-state index is 0.0446. The van der Waals surface area contributed by atoms with Gasteiger partial charge in [-0.1, -0.05) is 6.92 Å². The number of nitrogens with zero attached hydrogens (tertiary/aromatic N) is 1. The summed E-state index contributed by atoms with van der Waals surface area (Å²) in [7, 11) is 0. The second kappa shape index (κ2) is 5.53. The molecular weight excluding hydrogens is 248 g/mol. The van der Waals surface area contributed by atoms with E-state index >= 15 is 0 Å².